The zero-order chi connectivity index (χ0) is 32.6. The summed E-state index contributed by atoms with van der Waals surface area (Å²) in [7, 11) is -4.24. The lowest BCUT2D eigenvalue weighted by molar-refractivity contribution is -0.140. The molecule has 0 heterocycles. The highest BCUT2D eigenvalue weighted by Gasteiger charge is 2.35. The average molecular weight is 687 g/mol. The molecule has 0 bridgehead atoms. The van der Waals surface area contributed by atoms with Crippen molar-refractivity contribution >= 4 is 62.3 Å². The molecule has 45 heavy (non-hydrogen) atoms. The first kappa shape index (κ1) is 34.3. The number of nitrogens with zero attached hydrogens (tertiary/aromatic N) is 2. The van der Waals surface area contributed by atoms with Crippen molar-refractivity contribution in [3.63, 3.8) is 0 Å². The molecule has 11 heteroatoms. The molecule has 236 valence electrons. The second-order valence-electron chi connectivity index (χ2n) is 10.5. The number of amides is 2. The van der Waals surface area contributed by atoms with Gasteiger partial charge in [-0.2, -0.15) is 0 Å². The number of sulfonamides is 1. The molecule has 0 aliphatic rings. The molecular weight excluding hydrogens is 653 g/mol. The maximum atomic E-state index is 14.5. The van der Waals surface area contributed by atoms with E-state index in [4.69, 9.17) is 34.8 Å². The van der Waals surface area contributed by atoms with E-state index in [1.165, 1.54) is 23.1 Å². The van der Waals surface area contributed by atoms with E-state index in [1.54, 1.807) is 55.5 Å². The molecule has 0 spiro atoms. The van der Waals surface area contributed by atoms with Gasteiger partial charge in [0.15, 0.2) is 0 Å². The Hall–Kier alpha value is -3.56. The lowest BCUT2D eigenvalue weighted by atomic mass is 10.0. The van der Waals surface area contributed by atoms with Crippen LogP contribution >= 0.6 is 34.8 Å². The van der Waals surface area contributed by atoms with E-state index in [1.807, 2.05) is 37.3 Å². The highest BCUT2D eigenvalue weighted by Crippen LogP contribution is 2.31. The van der Waals surface area contributed by atoms with Crippen molar-refractivity contribution in [3.05, 3.63) is 129 Å². The summed E-state index contributed by atoms with van der Waals surface area (Å²) in [6.45, 7) is 3.41. The van der Waals surface area contributed by atoms with Crippen LogP contribution in [0.1, 0.15) is 30.0 Å². The zero-order valence-electron chi connectivity index (χ0n) is 24.9. The van der Waals surface area contributed by atoms with Gasteiger partial charge in [0.1, 0.15) is 12.6 Å². The van der Waals surface area contributed by atoms with Crippen molar-refractivity contribution in [2.24, 2.45) is 0 Å². The molecular formula is C34H34Cl3N3O4S. The Bertz CT molecular complexity index is 1740. The second kappa shape index (κ2) is 15.6. The van der Waals surface area contributed by atoms with Crippen molar-refractivity contribution in [3.8, 4) is 0 Å². The SMILES string of the molecule is CCCNC(=O)C(Cc1ccccc1)N(Cc1ccc(Cl)cc1Cl)C(=O)CN(c1cc(Cl)ccc1C)S(=O)(=O)c1ccccc1. The number of rotatable bonds is 13. The number of halogens is 3. The lowest BCUT2D eigenvalue weighted by Gasteiger charge is -2.34. The molecule has 1 atom stereocenters. The smallest absolute Gasteiger partial charge is 0.264 e. The summed E-state index contributed by atoms with van der Waals surface area (Å²) in [5.41, 5.74) is 2.22. The van der Waals surface area contributed by atoms with E-state index in [0.717, 1.165) is 9.87 Å². The third-order valence-corrected chi connectivity index (χ3v) is 9.82. The number of hydrogen-bond donors (Lipinski definition) is 1. The predicted molar refractivity (Wildman–Crippen MR) is 181 cm³/mol. The standard InChI is InChI=1S/C34H34Cl3N3O4S/c1-3-18-38-34(42)32(19-25-10-6-4-7-11-25)39(22-26-15-17-27(35)20-30(26)37)33(41)23-40(31-21-28(36)16-14-24(31)2)45(43,44)29-12-8-5-9-13-29/h4-17,20-21,32H,3,18-19,22-23H2,1-2H3,(H,38,42). The quantitative estimate of drug-likeness (QED) is 0.160. The van der Waals surface area contributed by atoms with E-state index in [-0.39, 0.29) is 29.5 Å². The number of aryl methyl sites for hydroxylation is 1. The Kier molecular flexibility index (Phi) is 11.9. The first-order chi connectivity index (χ1) is 21.5. The van der Waals surface area contributed by atoms with Gasteiger partial charge in [-0.3, -0.25) is 13.9 Å². The summed E-state index contributed by atoms with van der Waals surface area (Å²) >= 11 is 19.0. The van der Waals surface area contributed by atoms with Crippen LogP contribution in [-0.2, 0) is 32.6 Å². The number of hydrogen-bond acceptors (Lipinski definition) is 4. The van der Waals surface area contributed by atoms with Gasteiger partial charge in [0.2, 0.25) is 11.8 Å². The normalized spacial score (nSPS) is 11.9. The Morgan fingerprint density at radius 3 is 2.11 bits per heavy atom. The second-order valence-corrected chi connectivity index (χ2v) is 13.7. The first-order valence-electron chi connectivity index (χ1n) is 14.4. The van der Waals surface area contributed by atoms with Gasteiger partial charge in [-0.1, -0.05) is 102 Å². The molecule has 4 rings (SSSR count). The fraction of sp³-hybridized carbons (Fsp3) is 0.235. The molecule has 0 aromatic heterocycles. The van der Waals surface area contributed by atoms with Crippen LogP contribution in [-0.4, -0.2) is 44.3 Å². The van der Waals surface area contributed by atoms with Gasteiger partial charge < -0.3 is 10.2 Å². The van der Waals surface area contributed by atoms with E-state index < -0.39 is 28.5 Å². The Labute approximate surface area is 279 Å². The number of carbonyl (C=O) groups is 2. The average Bonchev–Trinajstić information content (AvgIpc) is 3.03. The zero-order valence-corrected chi connectivity index (χ0v) is 28.0. The first-order valence-corrected chi connectivity index (χ1v) is 17.0. The fourth-order valence-corrected chi connectivity index (χ4v) is 6.96. The minimum atomic E-state index is -4.24. The Morgan fingerprint density at radius 2 is 1.47 bits per heavy atom. The van der Waals surface area contributed by atoms with Crippen LogP contribution in [0.2, 0.25) is 15.1 Å². The molecule has 0 saturated heterocycles. The minimum Gasteiger partial charge on any atom is -0.354 e. The van der Waals surface area contributed by atoms with Crippen LogP contribution in [0, 0.1) is 6.92 Å². The number of carbonyl (C=O) groups excluding carboxylic acids is 2. The van der Waals surface area contributed by atoms with Gasteiger partial charge in [0.25, 0.3) is 10.0 Å². The van der Waals surface area contributed by atoms with Gasteiger partial charge in [0.05, 0.1) is 10.6 Å². The van der Waals surface area contributed by atoms with Crippen LogP contribution in [0.25, 0.3) is 0 Å². The predicted octanol–water partition coefficient (Wildman–Crippen LogP) is 7.32. The summed E-state index contributed by atoms with van der Waals surface area (Å²) in [6, 6.07) is 26.0. The molecule has 1 N–H and O–H groups in total. The van der Waals surface area contributed by atoms with Gasteiger partial charge in [-0.15, -0.1) is 0 Å². The van der Waals surface area contributed by atoms with Crippen LogP contribution < -0.4 is 9.62 Å². The third kappa shape index (κ3) is 8.79. The molecule has 0 radical (unpaired) electrons. The number of nitrogens with one attached hydrogen (secondary N) is 1. The Balaban J connectivity index is 1.84. The van der Waals surface area contributed by atoms with Gasteiger partial charge in [-0.05, 0) is 66.4 Å². The van der Waals surface area contributed by atoms with Crippen molar-refractivity contribution < 1.29 is 18.0 Å². The summed E-state index contributed by atoms with van der Waals surface area (Å²) in [6.07, 6.45) is 0.882. The van der Waals surface area contributed by atoms with E-state index in [9.17, 15) is 18.0 Å². The number of anilines is 1. The molecule has 4 aromatic rings. The monoisotopic (exact) mass is 685 g/mol. The molecule has 2 amide bonds. The maximum absolute atomic E-state index is 14.5. The van der Waals surface area contributed by atoms with Crippen LogP contribution in [0.3, 0.4) is 0 Å². The maximum Gasteiger partial charge on any atom is 0.264 e. The van der Waals surface area contributed by atoms with Gasteiger partial charge in [-0.25, -0.2) is 8.42 Å². The largest absolute Gasteiger partial charge is 0.354 e. The lowest BCUT2D eigenvalue weighted by Crippen LogP contribution is -2.53. The van der Waals surface area contributed by atoms with Gasteiger partial charge >= 0.3 is 0 Å². The van der Waals surface area contributed by atoms with Crippen LogP contribution in [0.15, 0.2) is 102 Å². The van der Waals surface area contributed by atoms with Crippen molar-refractivity contribution in [1.29, 1.82) is 0 Å². The summed E-state index contributed by atoms with van der Waals surface area (Å²) < 4.78 is 29.3. The van der Waals surface area contributed by atoms with Crippen LogP contribution in [0.5, 0.6) is 0 Å². The highest BCUT2D eigenvalue weighted by molar-refractivity contribution is 7.92. The fourth-order valence-electron chi connectivity index (χ4n) is 4.84. The van der Waals surface area contributed by atoms with Crippen molar-refractivity contribution in [1.82, 2.24) is 10.2 Å². The van der Waals surface area contributed by atoms with E-state index >= 15 is 0 Å². The highest BCUT2D eigenvalue weighted by atomic mass is 35.5. The van der Waals surface area contributed by atoms with E-state index in [0.29, 0.717) is 39.2 Å². The molecule has 0 aliphatic carbocycles. The molecule has 1 unspecified atom stereocenters. The number of benzene rings is 4. The molecule has 0 aliphatic heterocycles. The van der Waals surface area contributed by atoms with E-state index in [2.05, 4.69) is 5.32 Å². The summed E-state index contributed by atoms with van der Waals surface area (Å²) in [5.74, 6) is -0.969. The molecule has 4 aromatic carbocycles. The molecule has 0 saturated carbocycles. The Morgan fingerprint density at radius 1 is 0.844 bits per heavy atom. The summed E-state index contributed by atoms with van der Waals surface area (Å²) in [4.78, 5) is 29.7. The van der Waals surface area contributed by atoms with Crippen LogP contribution in [0.4, 0.5) is 5.69 Å². The topological polar surface area (TPSA) is 86.8 Å². The summed E-state index contributed by atoms with van der Waals surface area (Å²) in [5, 5.41) is 3.96. The third-order valence-electron chi connectivity index (χ3n) is 7.23. The van der Waals surface area contributed by atoms with Crippen molar-refractivity contribution in [2.75, 3.05) is 17.4 Å². The van der Waals surface area contributed by atoms with Gasteiger partial charge in [0, 0.05) is 34.6 Å². The van der Waals surface area contributed by atoms with Crippen molar-refractivity contribution in [2.45, 2.75) is 44.2 Å². The molecule has 0 fully saturated rings. The minimum absolute atomic E-state index is 0.00555. The molecule has 7 nitrogen and oxygen atoms in total.